The Kier molecular flexibility index (Phi) is 6.16. The highest BCUT2D eigenvalue weighted by Gasteiger charge is 2.22. The van der Waals surface area contributed by atoms with E-state index in [1.165, 1.54) is 23.6 Å². The number of anilines is 1. The molecule has 2 aromatic heterocycles. The second-order valence-corrected chi connectivity index (χ2v) is 8.04. The average Bonchev–Trinajstić information content (AvgIpc) is 3.15. The van der Waals surface area contributed by atoms with Gasteiger partial charge in [-0.15, -0.1) is 11.3 Å². The first-order valence-electron chi connectivity index (χ1n) is 8.12. The van der Waals surface area contributed by atoms with Crippen LogP contribution in [0.5, 0.6) is 0 Å². The van der Waals surface area contributed by atoms with Gasteiger partial charge < -0.3 is 11.1 Å². The van der Waals surface area contributed by atoms with Crippen molar-refractivity contribution in [3.63, 3.8) is 0 Å². The lowest BCUT2D eigenvalue weighted by molar-refractivity contribution is -0.119. The molecule has 0 unspecified atom stereocenters. The average molecular weight is 427 g/mol. The molecule has 0 fully saturated rings. The molecule has 142 valence electrons. The second kappa shape index (κ2) is 8.39. The number of hydrogen-bond acceptors (Lipinski definition) is 4. The van der Waals surface area contributed by atoms with Crippen LogP contribution in [0.2, 0.25) is 9.36 Å². The van der Waals surface area contributed by atoms with Crippen LogP contribution in [0.4, 0.5) is 9.39 Å². The SMILES string of the molecule is Cn1ncc(Cl)c1-c1cc(NC(=O)[C@@H](CN)Cc2ccccc2F)sc1Cl. The van der Waals surface area contributed by atoms with Crippen LogP contribution in [0.15, 0.2) is 36.5 Å². The largest absolute Gasteiger partial charge is 0.330 e. The van der Waals surface area contributed by atoms with Gasteiger partial charge in [-0.2, -0.15) is 5.10 Å². The predicted octanol–water partition coefficient (Wildman–Crippen LogP) is 4.35. The number of rotatable bonds is 6. The smallest absolute Gasteiger partial charge is 0.229 e. The van der Waals surface area contributed by atoms with Crippen molar-refractivity contribution < 1.29 is 9.18 Å². The van der Waals surface area contributed by atoms with E-state index in [0.717, 1.165) is 0 Å². The number of halogens is 3. The summed E-state index contributed by atoms with van der Waals surface area (Å²) < 4.78 is 16.0. The van der Waals surface area contributed by atoms with Crippen molar-refractivity contribution in [2.45, 2.75) is 6.42 Å². The normalized spacial score (nSPS) is 12.2. The van der Waals surface area contributed by atoms with E-state index in [9.17, 15) is 9.18 Å². The van der Waals surface area contributed by atoms with Gasteiger partial charge in [-0.25, -0.2) is 4.39 Å². The summed E-state index contributed by atoms with van der Waals surface area (Å²) in [5.74, 6) is -1.20. The quantitative estimate of drug-likeness (QED) is 0.615. The van der Waals surface area contributed by atoms with E-state index in [-0.39, 0.29) is 24.7 Å². The Morgan fingerprint density at radius 1 is 1.41 bits per heavy atom. The van der Waals surface area contributed by atoms with Crippen molar-refractivity contribution in [3.05, 3.63) is 57.3 Å². The van der Waals surface area contributed by atoms with Crippen LogP contribution in [-0.4, -0.2) is 22.2 Å². The summed E-state index contributed by atoms with van der Waals surface area (Å²) in [4.78, 5) is 12.6. The molecule has 0 saturated carbocycles. The van der Waals surface area contributed by atoms with Gasteiger partial charge in [-0.05, 0) is 24.1 Å². The molecule has 1 atom stereocenters. The standard InChI is InChI=1S/C18H17Cl2FN4OS/c1-25-16(13(19)9-23-25)12-7-15(27-17(12)20)24-18(26)11(8-22)6-10-4-2-3-5-14(10)21/h2-5,7,9,11H,6,8,22H2,1H3,(H,24,26)/t11-/m1/s1. The van der Waals surface area contributed by atoms with Gasteiger partial charge in [0.1, 0.15) is 10.2 Å². The van der Waals surface area contributed by atoms with Crippen molar-refractivity contribution in [3.8, 4) is 11.3 Å². The maximum absolute atomic E-state index is 13.9. The molecule has 0 saturated heterocycles. The van der Waals surface area contributed by atoms with Crippen molar-refractivity contribution in [2.24, 2.45) is 18.7 Å². The molecule has 0 aliphatic rings. The highest BCUT2D eigenvalue weighted by Crippen LogP contribution is 2.41. The van der Waals surface area contributed by atoms with Crippen LogP contribution in [0, 0.1) is 11.7 Å². The van der Waals surface area contributed by atoms with Crippen LogP contribution in [-0.2, 0) is 18.3 Å². The number of amides is 1. The number of nitrogens with one attached hydrogen (secondary N) is 1. The number of carbonyl (C=O) groups is 1. The van der Waals surface area contributed by atoms with E-state index >= 15 is 0 Å². The van der Waals surface area contributed by atoms with Gasteiger partial charge in [0.05, 0.1) is 27.8 Å². The van der Waals surface area contributed by atoms with Crippen LogP contribution in [0.1, 0.15) is 5.56 Å². The van der Waals surface area contributed by atoms with Crippen molar-refractivity contribution >= 4 is 45.4 Å². The van der Waals surface area contributed by atoms with Crippen molar-refractivity contribution in [1.82, 2.24) is 9.78 Å². The van der Waals surface area contributed by atoms with Gasteiger partial charge in [0, 0.05) is 19.2 Å². The van der Waals surface area contributed by atoms with Crippen LogP contribution < -0.4 is 11.1 Å². The van der Waals surface area contributed by atoms with Crippen molar-refractivity contribution in [2.75, 3.05) is 11.9 Å². The van der Waals surface area contributed by atoms with E-state index in [4.69, 9.17) is 28.9 Å². The highest BCUT2D eigenvalue weighted by molar-refractivity contribution is 7.20. The number of aromatic nitrogens is 2. The molecule has 1 aromatic carbocycles. The zero-order chi connectivity index (χ0) is 19.6. The third kappa shape index (κ3) is 4.32. The number of benzene rings is 1. The molecular weight excluding hydrogens is 410 g/mol. The van der Waals surface area contributed by atoms with E-state index in [1.54, 1.807) is 36.0 Å². The molecule has 0 aliphatic heterocycles. The van der Waals surface area contributed by atoms with E-state index in [0.29, 0.717) is 31.2 Å². The molecule has 2 heterocycles. The molecule has 5 nitrogen and oxygen atoms in total. The zero-order valence-electron chi connectivity index (χ0n) is 14.4. The van der Waals surface area contributed by atoms with Gasteiger partial charge >= 0.3 is 0 Å². The summed E-state index contributed by atoms with van der Waals surface area (Å²) in [5, 5.41) is 7.93. The minimum absolute atomic E-state index is 0.0969. The Morgan fingerprint density at radius 3 is 2.78 bits per heavy atom. The van der Waals surface area contributed by atoms with Gasteiger partial charge in [0.15, 0.2) is 0 Å². The maximum atomic E-state index is 13.9. The molecule has 0 bridgehead atoms. The van der Waals surface area contributed by atoms with Crippen LogP contribution in [0.25, 0.3) is 11.3 Å². The number of nitrogens with two attached hydrogens (primary N) is 1. The summed E-state index contributed by atoms with van der Waals surface area (Å²) in [6, 6.07) is 8.09. The lowest BCUT2D eigenvalue weighted by atomic mass is 9.98. The number of carbonyl (C=O) groups excluding carboxylic acids is 1. The molecule has 3 rings (SSSR count). The Bertz CT molecular complexity index is 953. The van der Waals surface area contributed by atoms with Gasteiger partial charge in [-0.1, -0.05) is 41.4 Å². The second-order valence-electron chi connectivity index (χ2n) is 5.98. The summed E-state index contributed by atoms with van der Waals surface area (Å²) in [7, 11) is 1.76. The van der Waals surface area contributed by atoms with Crippen LogP contribution >= 0.6 is 34.5 Å². The summed E-state index contributed by atoms with van der Waals surface area (Å²) in [5.41, 5.74) is 7.54. The lowest BCUT2D eigenvalue weighted by Gasteiger charge is -2.14. The molecule has 0 radical (unpaired) electrons. The fraction of sp³-hybridized carbons (Fsp3) is 0.222. The number of nitrogens with zero attached hydrogens (tertiary/aromatic N) is 2. The molecule has 1 amide bonds. The van der Waals surface area contributed by atoms with E-state index in [1.807, 2.05) is 0 Å². The van der Waals surface area contributed by atoms with Gasteiger partial charge in [-0.3, -0.25) is 9.48 Å². The molecule has 0 spiro atoms. The monoisotopic (exact) mass is 426 g/mol. The number of hydrogen-bond donors (Lipinski definition) is 2. The Morgan fingerprint density at radius 2 is 2.15 bits per heavy atom. The van der Waals surface area contributed by atoms with E-state index in [2.05, 4.69) is 10.4 Å². The minimum Gasteiger partial charge on any atom is -0.330 e. The molecule has 9 heteroatoms. The Labute approximate surface area is 169 Å². The summed E-state index contributed by atoms with van der Waals surface area (Å²) >= 11 is 13.7. The fourth-order valence-electron chi connectivity index (χ4n) is 2.74. The first-order valence-corrected chi connectivity index (χ1v) is 9.69. The molecule has 3 N–H and O–H groups in total. The number of aryl methyl sites for hydroxylation is 1. The fourth-order valence-corrected chi connectivity index (χ4v) is 4.19. The topological polar surface area (TPSA) is 72.9 Å². The zero-order valence-corrected chi connectivity index (χ0v) is 16.7. The number of thiophene rings is 1. The first kappa shape index (κ1) is 19.8. The first-order chi connectivity index (χ1) is 12.9. The molecule has 0 aliphatic carbocycles. The highest BCUT2D eigenvalue weighted by atomic mass is 35.5. The van der Waals surface area contributed by atoms with E-state index < -0.39 is 5.92 Å². The Balaban J connectivity index is 1.77. The third-order valence-corrected chi connectivity index (χ3v) is 5.71. The minimum atomic E-state index is -0.563. The van der Waals surface area contributed by atoms with Gasteiger partial charge in [0.2, 0.25) is 5.91 Å². The van der Waals surface area contributed by atoms with Crippen LogP contribution in [0.3, 0.4) is 0 Å². The third-order valence-electron chi connectivity index (χ3n) is 4.16. The maximum Gasteiger partial charge on any atom is 0.229 e. The molecular formula is C18H17Cl2FN4OS. The summed E-state index contributed by atoms with van der Waals surface area (Å²) in [6.45, 7) is 0.0969. The van der Waals surface area contributed by atoms with Crippen molar-refractivity contribution in [1.29, 1.82) is 0 Å². The summed E-state index contributed by atoms with van der Waals surface area (Å²) in [6.07, 6.45) is 1.75. The lowest BCUT2D eigenvalue weighted by Crippen LogP contribution is -2.31. The molecule has 3 aromatic rings. The Hall–Kier alpha value is -1.93. The van der Waals surface area contributed by atoms with Gasteiger partial charge in [0.25, 0.3) is 0 Å². The molecule has 27 heavy (non-hydrogen) atoms. The predicted molar refractivity (Wildman–Crippen MR) is 108 cm³/mol.